The maximum absolute atomic E-state index is 10.2. The fraction of sp³-hybridized carbons (Fsp3) is 0.273. The topological polar surface area (TPSA) is 116 Å². The molecule has 0 bridgehead atoms. The van der Waals surface area contributed by atoms with Crippen LogP contribution in [0.15, 0.2) is 28.4 Å². The first-order valence-electron chi connectivity index (χ1n) is 5.46. The van der Waals surface area contributed by atoms with Crippen molar-refractivity contribution in [2.45, 2.75) is 0 Å². The second kappa shape index (κ2) is 6.92. The molecule has 1 rings (SSSR count). The Labute approximate surface area is 115 Å². The van der Waals surface area contributed by atoms with Crippen molar-refractivity contribution in [3.63, 3.8) is 0 Å². The summed E-state index contributed by atoms with van der Waals surface area (Å²) in [5, 5.41) is 17.2. The number of ether oxygens (including phenoxy) is 2. The van der Waals surface area contributed by atoms with E-state index >= 15 is 0 Å². The summed E-state index contributed by atoms with van der Waals surface area (Å²) in [5.74, 6) is 0.810. The smallest absolute Gasteiger partial charge is 0.288 e. The Bertz CT molecular complexity index is 544. The van der Waals surface area contributed by atoms with Crippen molar-refractivity contribution in [3.05, 3.63) is 33.9 Å². The van der Waals surface area contributed by atoms with Gasteiger partial charge in [-0.3, -0.25) is 0 Å². The summed E-state index contributed by atoms with van der Waals surface area (Å²) < 4.78 is 10.3. The molecule has 1 aromatic rings. The van der Waals surface area contributed by atoms with E-state index in [0.29, 0.717) is 17.1 Å². The largest absolute Gasteiger partial charge is 0.493 e. The van der Waals surface area contributed by atoms with Gasteiger partial charge in [0.2, 0.25) is 0 Å². The first kappa shape index (κ1) is 15.2. The maximum Gasteiger partial charge on any atom is 0.288 e. The molecule has 0 heterocycles. The number of hydrogen-bond acceptors (Lipinski definition) is 5. The SMILES string of the molecule is COc1ccc(/C=N/N(C)/C(N)=N/[N+](=O)[O-])cc1OC. The van der Waals surface area contributed by atoms with Crippen LogP contribution < -0.4 is 15.2 Å². The minimum atomic E-state index is -0.891. The van der Waals surface area contributed by atoms with Crippen LogP contribution in [-0.4, -0.2) is 43.5 Å². The Morgan fingerprint density at radius 2 is 2.05 bits per heavy atom. The highest BCUT2D eigenvalue weighted by atomic mass is 16.7. The number of hydrogen-bond donors (Lipinski definition) is 1. The van der Waals surface area contributed by atoms with Crippen LogP contribution in [-0.2, 0) is 0 Å². The molecule has 0 atom stereocenters. The van der Waals surface area contributed by atoms with E-state index in [1.807, 2.05) is 0 Å². The molecule has 0 unspecified atom stereocenters. The van der Waals surface area contributed by atoms with Crippen LogP contribution in [0, 0.1) is 10.1 Å². The Morgan fingerprint density at radius 3 is 2.60 bits per heavy atom. The van der Waals surface area contributed by atoms with Gasteiger partial charge in [-0.1, -0.05) is 0 Å². The zero-order chi connectivity index (χ0) is 15.1. The number of guanidine groups is 1. The van der Waals surface area contributed by atoms with E-state index in [2.05, 4.69) is 10.2 Å². The molecule has 0 saturated heterocycles. The summed E-state index contributed by atoms with van der Waals surface area (Å²) in [6, 6.07) is 5.17. The van der Waals surface area contributed by atoms with Gasteiger partial charge in [0.15, 0.2) is 16.5 Å². The number of nitrogens with two attached hydrogens (primary N) is 1. The second-order valence-electron chi connectivity index (χ2n) is 3.58. The normalized spacial score (nSPS) is 11.4. The number of hydrazone groups is 2. The van der Waals surface area contributed by atoms with Crippen molar-refractivity contribution >= 4 is 12.2 Å². The number of nitrogens with zero attached hydrogens (tertiary/aromatic N) is 4. The van der Waals surface area contributed by atoms with E-state index in [1.54, 1.807) is 18.2 Å². The third-order valence-electron chi connectivity index (χ3n) is 2.30. The van der Waals surface area contributed by atoms with Gasteiger partial charge >= 0.3 is 0 Å². The molecule has 0 aliphatic heterocycles. The zero-order valence-electron chi connectivity index (χ0n) is 11.3. The summed E-state index contributed by atoms with van der Waals surface area (Å²) in [7, 11) is 4.50. The van der Waals surface area contributed by atoms with Crippen LogP contribution in [0.1, 0.15) is 5.56 Å². The van der Waals surface area contributed by atoms with Gasteiger partial charge < -0.3 is 15.2 Å². The Hall–Kier alpha value is -2.84. The Balaban J connectivity index is 2.87. The summed E-state index contributed by atoms with van der Waals surface area (Å²) in [6.45, 7) is 0. The number of methoxy groups -OCH3 is 2. The number of nitro groups is 1. The molecule has 0 aromatic heterocycles. The van der Waals surface area contributed by atoms with Gasteiger partial charge in [0.05, 0.1) is 20.4 Å². The van der Waals surface area contributed by atoms with Crippen LogP contribution in [0.25, 0.3) is 0 Å². The van der Waals surface area contributed by atoms with Crippen LogP contribution in [0.4, 0.5) is 0 Å². The van der Waals surface area contributed by atoms with Gasteiger partial charge in [0, 0.05) is 7.05 Å². The lowest BCUT2D eigenvalue weighted by molar-refractivity contribution is -0.485. The van der Waals surface area contributed by atoms with Crippen LogP contribution in [0.5, 0.6) is 11.5 Å². The lowest BCUT2D eigenvalue weighted by Crippen LogP contribution is -2.30. The van der Waals surface area contributed by atoms with Crippen molar-refractivity contribution in [1.82, 2.24) is 5.01 Å². The van der Waals surface area contributed by atoms with Crippen LogP contribution in [0.2, 0.25) is 0 Å². The standard InChI is InChI=1S/C11H15N5O4/c1-15(11(12)14-16(17)18)13-7-8-4-5-9(19-2)10(6-8)20-3/h4-7H,1-3H3,(H2,12,14)/b13-7+. The molecule has 2 N–H and O–H groups in total. The summed E-state index contributed by atoms with van der Waals surface area (Å²) >= 11 is 0. The summed E-state index contributed by atoms with van der Waals surface area (Å²) in [5.41, 5.74) is 6.07. The van der Waals surface area contributed by atoms with Crippen molar-refractivity contribution in [2.24, 2.45) is 15.9 Å². The van der Waals surface area contributed by atoms with Gasteiger partial charge in [-0.25, -0.2) is 15.1 Å². The highest BCUT2D eigenvalue weighted by Crippen LogP contribution is 2.26. The molecule has 0 spiro atoms. The molecular formula is C11H15N5O4. The fourth-order valence-corrected chi connectivity index (χ4v) is 1.29. The molecule has 0 aliphatic carbocycles. The van der Waals surface area contributed by atoms with Crippen molar-refractivity contribution in [1.29, 1.82) is 0 Å². The molecule has 108 valence electrons. The Morgan fingerprint density at radius 1 is 1.40 bits per heavy atom. The van der Waals surface area contributed by atoms with Gasteiger partial charge in [-0.05, 0) is 23.8 Å². The quantitative estimate of drug-likeness (QED) is 0.363. The highest BCUT2D eigenvalue weighted by Gasteiger charge is 2.05. The van der Waals surface area contributed by atoms with Crippen LogP contribution >= 0.6 is 0 Å². The predicted octanol–water partition coefficient (Wildman–Crippen LogP) is 0.476. The lowest BCUT2D eigenvalue weighted by Gasteiger charge is -2.09. The van der Waals surface area contributed by atoms with Crippen LogP contribution in [0.3, 0.4) is 0 Å². The maximum atomic E-state index is 10.2. The number of rotatable bonds is 5. The lowest BCUT2D eigenvalue weighted by atomic mass is 10.2. The molecule has 9 heteroatoms. The first-order chi connectivity index (χ1) is 9.47. The average Bonchev–Trinajstić information content (AvgIpc) is 2.43. The second-order valence-corrected chi connectivity index (χ2v) is 3.58. The summed E-state index contributed by atoms with van der Waals surface area (Å²) in [4.78, 5) is 10.2. The van der Waals surface area contributed by atoms with Gasteiger partial charge in [-0.15, -0.1) is 0 Å². The summed E-state index contributed by atoms with van der Waals surface area (Å²) in [6.07, 6.45) is 1.46. The molecule has 0 aliphatic rings. The molecular weight excluding hydrogens is 266 g/mol. The van der Waals surface area contributed by atoms with Gasteiger partial charge in [0.25, 0.3) is 5.96 Å². The molecule has 0 radical (unpaired) electrons. The van der Waals surface area contributed by atoms with E-state index in [-0.39, 0.29) is 5.96 Å². The number of benzene rings is 1. The molecule has 0 fully saturated rings. The minimum Gasteiger partial charge on any atom is -0.493 e. The van der Waals surface area contributed by atoms with Gasteiger partial charge in [-0.2, -0.15) is 5.10 Å². The molecule has 1 aromatic carbocycles. The Kier molecular flexibility index (Phi) is 5.27. The van der Waals surface area contributed by atoms with Crippen molar-refractivity contribution < 1.29 is 14.5 Å². The van der Waals surface area contributed by atoms with E-state index in [4.69, 9.17) is 15.2 Å². The first-order valence-corrected chi connectivity index (χ1v) is 5.46. The van der Waals surface area contributed by atoms with Gasteiger partial charge in [0.1, 0.15) is 5.10 Å². The average molecular weight is 281 g/mol. The van der Waals surface area contributed by atoms with E-state index in [0.717, 1.165) is 5.01 Å². The predicted molar refractivity (Wildman–Crippen MR) is 73.5 cm³/mol. The third kappa shape index (κ3) is 4.12. The van der Waals surface area contributed by atoms with Crippen molar-refractivity contribution in [3.8, 4) is 11.5 Å². The van der Waals surface area contributed by atoms with E-state index in [9.17, 15) is 10.1 Å². The molecule has 9 nitrogen and oxygen atoms in total. The molecule has 20 heavy (non-hydrogen) atoms. The zero-order valence-corrected chi connectivity index (χ0v) is 11.3. The molecule has 0 amide bonds. The fourth-order valence-electron chi connectivity index (χ4n) is 1.29. The van der Waals surface area contributed by atoms with E-state index in [1.165, 1.54) is 27.5 Å². The minimum absolute atomic E-state index is 0.327. The third-order valence-corrected chi connectivity index (χ3v) is 2.30. The highest BCUT2D eigenvalue weighted by molar-refractivity contribution is 5.83. The van der Waals surface area contributed by atoms with Crippen molar-refractivity contribution in [2.75, 3.05) is 21.3 Å². The molecule has 0 saturated carbocycles. The van der Waals surface area contributed by atoms with E-state index < -0.39 is 5.03 Å². The monoisotopic (exact) mass is 281 g/mol.